The topological polar surface area (TPSA) is 3.24 Å². The van der Waals surface area contributed by atoms with Gasteiger partial charge in [-0.2, -0.15) is 0 Å². The van der Waals surface area contributed by atoms with Crippen LogP contribution in [-0.4, -0.2) is 0 Å². The molecule has 0 amide bonds. The van der Waals surface area contributed by atoms with Gasteiger partial charge in [0.05, 0.1) is 0 Å². The van der Waals surface area contributed by atoms with Gasteiger partial charge in [0, 0.05) is 17.1 Å². The van der Waals surface area contributed by atoms with Gasteiger partial charge in [0.2, 0.25) is 0 Å². The molecule has 256 valence electrons. The van der Waals surface area contributed by atoms with E-state index in [0.29, 0.717) is 0 Å². The summed E-state index contributed by atoms with van der Waals surface area (Å²) < 4.78 is 0. The lowest BCUT2D eigenvalue weighted by molar-refractivity contribution is 1.30. The molecule has 0 aromatic heterocycles. The highest BCUT2D eigenvalue weighted by atomic mass is 15.1. The smallest absolute Gasteiger partial charge is 0.0468 e. The molecule has 0 aliphatic rings. The number of benzene rings is 11. The first kappa shape index (κ1) is 31.3. The van der Waals surface area contributed by atoms with Gasteiger partial charge >= 0.3 is 0 Å². The highest BCUT2D eigenvalue weighted by Crippen LogP contribution is 2.44. The van der Waals surface area contributed by atoms with Crippen LogP contribution in [0.3, 0.4) is 0 Å². The lowest BCUT2D eigenvalue weighted by Crippen LogP contribution is -2.10. The van der Waals surface area contributed by atoms with Gasteiger partial charge < -0.3 is 4.90 Å². The predicted molar refractivity (Wildman–Crippen MR) is 237 cm³/mol. The molecule has 0 N–H and O–H groups in total. The van der Waals surface area contributed by atoms with Gasteiger partial charge in [-0.05, 0) is 129 Å². The fourth-order valence-corrected chi connectivity index (χ4v) is 8.85. The Labute approximate surface area is 320 Å². The summed E-state index contributed by atoms with van der Waals surface area (Å²) in [4.78, 5) is 2.44. The van der Waals surface area contributed by atoms with Crippen molar-refractivity contribution in [3.8, 4) is 22.3 Å². The second-order valence-electron chi connectivity index (χ2n) is 14.5. The molecule has 0 heterocycles. The highest BCUT2D eigenvalue weighted by molar-refractivity contribution is 6.27. The van der Waals surface area contributed by atoms with Crippen molar-refractivity contribution in [1.29, 1.82) is 0 Å². The number of rotatable bonds is 5. The van der Waals surface area contributed by atoms with Crippen LogP contribution in [-0.2, 0) is 0 Å². The number of nitrogens with zero attached hydrogens (tertiary/aromatic N) is 1. The minimum Gasteiger partial charge on any atom is -0.310 e. The fourth-order valence-electron chi connectivity index (χ4n) is 8.85. The van der Waals surface area contributed by atoms with Crippen LogP contribution in [0.5, 0.6) is 0 Å². The van der Waals surface area contributed by atoms with Crippen molar-refractivity contribution >= 4 is 81.7 Å². The van der Waals surface area contributed by atoms with Gasteiger partial charge in [-0.3, -0.25) is 0 Å². The number of hydrogen-bond donors (Lipinski definition) is 0. The van der Waals surface area contributed by atoms with E-state index in [4.69, 9.17) is 0 Å². The quantitative estimate of drug-likeness (QED) is 0.162. The fraction of sp³-hybridized carbons (Fsp3) is 0. The molecule has 0 atom stereocenters. The summed E-state index contributed by atoms with van der Waals surface area (Å²) in [5.41, 5.74) is 8.14. The Balaban J connectivity index is 1.16. The monoisotopic (exact) mass is 697 g/mol. The van der Waals surface area contributed by atoms with Gasteiger partial charge in [0.25, 0.3) is 0 Å². The number of hydrogen-bond acceptors (Lipinski definition) is 1. The number of anilines is 3. The third-order valence-corrected chi connectivity index (χ3v) is 11.4. The first-order valence-corrected chi connectivity index (χ1v) is 19.0. The van der Waals surface area contributed by atoms with E-state index >= 15 is 0 Å². The Morgan fingerprint density at radius 2 is 0.491 bits per heavy atom. The molecular formula is C54H35N. The molecule has 0 aliphatic carbocycles. The summed E-state index contributed by atoms with van der Waals surface area (Å²) in [6.45, 7) is 0. The molecule has 55 heavy (non-hydrogen) atoms. The standard InChI is InChI=1S/C54H35N/c1-2-14-36(15-3-1)37-16-12-17-38(32-37)39-18-13-19-40(33-39)55(41-28-30-51-47-24-6-4-20-43(47)45-22-8-10-26-49(45)53(51)34-41)42-29-31-52-48-25-7-5-21-44(48)46-23-9-11-27-50(46)54(52)35-42/h1-35H. The third kappa shape index (κ3) is 5.16. The molecule has 0 spiro atoms. The molecule has 0 saturated heterocycles. The van der Waals surface area contributed by atoms with Crippen LogP contribution < -0.4 is 4.90 Å². The third-order valence-electron chi connectivity index (χ3n) is 11.4. The summed E-state index contributed by atoms with van der Waals surface area (Å²) in [7, 11) is 0. The summed E-state index contributed by atoms with van der Waals surface area (Å²) >= 11 is 0. The lowest BCUT2D eigenvalue weighted by Gasteiger charge is -2.27. The minimum atomic E-state index is 1.11. The molecule has 11 aromatic rings. The molecule has 0 radical (unpaired) electrons. The normalized spacial score (nSPS) is 11.6. The van der Waals surface area contributed by atoms with Gasteiger partial charge in [0.15, 0.2) is 0 Å². The summed E-state index contributed by atoms with van der Waals surface area (Å²) in [5, 5.41) is 15.2. The Hall–Kier alpha value is -7.22. The summed E-state index contributed by atoms with van der Waals surface area (Å²) in [5.74, 6) is 0. The molecule has 0 bridgehead atoms. The molecular weight excluding hydrogens is 663 g/mol. The highest BCUT2D eigenvalue weighted by Gasteiger charge is 2.18. The van der Waals surface area contributed by atoms with Crippen LogP contribution in [0.25, 0.3) is 86.9 Å². The van der Waals surface area contributed by atoms with Crippen LogP contribution >= 0.6 is 0 Å². The van der Waals surface area contributed by atoms with Crippen molar-refractivity contribution in [3.05, 3.63) is 212 Å². The van der Waals surface area contributed by atoms with E-state index in [2.05, 4.69) is 217 Å². The Morgan fingerprint density at radius 1 is 0.182 bits per heavy atom. The Kier molecular flexibility index (Phi) is 7.25. The molecule has 0 saturated carbocycles. The van der Waals surface area contributed by atoms with E-state index in [1.54, 1.807) is 0 Å². The van der Waals surface area contributed by atoms with Crippen molar-refractivity contribution < 1.29 is 0 Å². The van der Waals surface area contributed by atoms with Crippen LogP contribution in [0.15, 0.2) is 212 Å². The molecule has 1 nitrogen and oxygen atoms in total. The molecule has 0 unspecified atom stereocenters. The minimum absolute atomic E-state index is 1.11. The van der Waals surface area contributed by atoms with E-state index in [0.717, 1.165) is 17.1 Å². The van der Waals surface area contributed by atoms with Crippen molar-refractivity contribution in [2.24, 2.45) is 0 Å². The van der Waals surface area contributed by atoms with Gasteiger partial charge in [-0.1, -0.05) is 170 Å². The lowest BCUT2D eigenvalue weighted by atomic mass is 9.93. The van der Waals surface area contributed by atoms with E-state index in [1.807, 2.05) is 0 Å². The van der Waals surface area contributed by atoms with Crippen LogP contribution in [0.4, 0.5) is 17.1 Å². The molecule has 11 aromatic carbocycles. The van der Waals surface area contributed by atoms with E-state index < -0.39 is 0 Å². The maximum absolute atomic E-state index is 2.44. The SMILES string of the molecule is c1ccc(-c2cccc(-c3cccc(N(c4ccc5c6ccccc6c6ccccc6c5c4)c4ccc5c6ccccc6c6ccccc6c5c4)c3)c2)cc1. The molecule has 11 rings (SSSR count). The van der Waals surface area contributed by atoms with Gasteiger partial charge in [-0.15, -0.1) is 0 Å². The summed E-state index contributed by atoms with van der Waals surface area (Å²) in [6, 6.07) is 77.9. The van der Waals surface area contributed by atoms with Gasteiger partial charge in [-0.25, -0.2) is 0 Å². The zero-order valence-corrected chi connectivity index (χ0v) is 30.2. The van der Waals surface area contributed by atoms with Crippen LogP contribution in [0, 0.1) is 0 Å². The second kappa shape index (κ2) is 12.7. The van der Waals surface area contributed by atoms with Crippen molar-refractivity contribution in [1.82, 2.24) is 0 Å². The average molecular weight is 698 g/mol. The van der Waals surface area contributed by atoms with E-state index in [1.165, 1.54) is 86.9 Å². The molecule has 1 heteroatoms. The Morgan fingerprint density at radius 3 is 0.945 bits per heavy atom. The molecule has 0 aliphatic heterocycles. The Bertz CT molecular complexity index is 3040. The van der Waals surface area contributed by atoms with Crippen LogP contribution in [0.2, 0.25) is 0 Å². The van der Waals surface area contributed by atoms with E-state index in [-0.39, 0.29) is 0 Å². The second-order valence-corrected chi connectivity index (χ2v) is 14.5. The first-order chi connectivity index (χ1) is 27.3. The average Bonchev–Trinajstić information content (AvgIpc) is 3.27. The largest absolute Gasteiger partial charge is 0.310 e. The van der Waals surface area contributed by atoms with Crippen LogP contribution in [0.1, 0.15) is 0 Å². The van der Waals surface area contributed by atoms with Crippen molar-refractivity contribution in [2.75, 3.05) is 4.90 Å². The maximum atomic E-state index is 2.44. The maximum Gasteiger partial charge on any atom is 0.0468 e. The number of fused-ring (bicyclic) bond motifs is 12. The van der Waals surface area contributed by atoms with Gasteiger partial charge in [0.1, 0.15) is 0 Å². The summed E-state index contributed by atoms with van der Waals surface area (Å²) in [6.07, 6.45) is 0. The zero-order chi connectivity index (χ0) is 36.3. The first-order valence-electron chi connectivity index (χ1n) is 19.0. The zero-order valence-electron chi connectivity index (χ0n) is 30.2. The van der Waals surface area contributed by atoms with Crippen molar-refractivity contribution in [3.63, 3.8) is 0 Å². The van der Waals surface area contributed by atoms with E-state index in [9.17, 15) is 0 Å². The predicted octanol–water partition coefficient (Wildman–Crippen LogP) is 15.4. The van der Waals surface area contributed by atoms with Crippen molar-refractivity contribution in [2.45, 2.75) is 0 Å². The molecule has 0 fully saturated rings.